The molecule has 126 valence electrons. The second-order valence-corrected chi connectivity index (χ2v) is 6.14. The molecule has 0 radical (unpaired) electrons. The van der Waals surface area contributed by atoms with Gasteiger partial charge in [0.2, 0.25) is 0 Å². The number of hydrazone groups is 1. The molecule has 0 unspecified atom stereocenters. The van der Waals surface area contributed by atoms with Crippen molar-refractivity contribution in [2.24, 2.45) is 5.10 Å². The van der Waals surface area contributed by atoms with E-state index in [9.17, 15) is 4.79 Å². The highest BCUT2D eigenvalue weighted by molar-refractivity contribution is 6.42. The first kappa shape index (κ1) is 16.2. The summed E-state index contributed by atoms with van der Waals surface area (Å²) in [7, 11) is 0. The first-order valence-electron chi connectivity index (χ1n) is 8.08. The fourth-order valence-corrected chi connectivity index (χ4v) is 3.29. The molecule has 4 nitrogen and oxygen atoms in total. The number of benzene rings is 3. The quantitative estimate of drug-likeness (QED) is 0.324. The maximum Gasteiger partial charge on any atom is 0.272 e. The summed E-state index contributed by atoms with van der Waals surface area (Å²) >= 11 is 6.59. The van der Waals surface area contributed by atoms with Gasteiger partial charge in [0, 0.05) is 28.7 Å². The van der Waals surface area contributed by atoms with Crippen LogP contribution in [0.5, 0.6) is 0 Å². The minimum Gasteiger partial charge on any atom is -0.267 e. The number of pyridine rings is 1. The Morgan fingerprint density at radius 1 is 0.923 bits per heavy atom. The highest BCUT2D eigenvalue weighted by Gasteiger charge is 2.11. The lowest BCUT2D eigenvalue weighted by atomic mass is 9.97. The zero-order valence-electron chi connectivity index (χ0n) is 13.7. The van der Waals surface area contributed by atoms with Crippen LogP contribution in [-0.2, 0) is 0 Å². The van der Waals surface area contributed by atoms with Crippen LogP contribution in [0.3, 0.4) is 0 Å². The van der Waals surface area contributed by atoms with Gasteiger partial charge in [0.05, 0.1) is 16.8 Å². The largest absolute Gasteiger partial charge is 0.272 e. The van der Waals surface area contributed by atoms with Crippen molar-refractivity contribution >= 4 is 45.3 Å². The standard InChI is InChI=1S/C21H14ClN3O/c22-20-17-9-3-1-7-15(17)19(16-8-2-4-10-18(16)20)13-24-25-21(26)14-6-5-11-23-12-14/h1-13H,(H,25,26)/b24-13-. The Kier molecular flexibility index (Phi) is 4.33. The Hall–Kier alpha value is -3.24. The van der Waals surface area contributed by atoms with Crippen LogP contribution in [0.2, 0.25) is 5.02 Å². The molecule has 0 fully saturated rings. The van der Waals surface area contributed by atoms with Gasteiger partial charge in [-0.1, -0.05) is 60.1 Å². The number of carbonyl (C=O) groups excluding carboxylic acids is 1. The number of hydrogen-bond donors (Lipinski definition) is 1. The molecule has 0 aliphatic rings. The van der Waals surface area contributed by atoms with Crippen molar-refractivity contribution in [3.05, 3.63) is 89.2 Å². The van der Waals surface area contributed by atoms with E-state index in [1.165, 1.54) is 6.20 Å². The number of carbonyl (C=O) groups is 1. The van der Waals surface area contributed by atoms with Gasteiger partial charge < -0.3 is 0 Å². The molecule has 0 saturated heterocycles. The number of rotatable bonds is 3. The maximum atomic E-state index is 12.1. The summed E-state index contributed by atoms with van der Waals surface area (Å²) in [4.78, 5) is 16.1. The third-order valence-electron chi connectivity index (χ3n) is 4.19. The number of nitrogens with one attached hydrogen (secondary N) is 1. The molecule has 0 spiro atoms. The Labute approximate surface area is 155 Å². The molecule has 5 heteroatoms. The first-order chi connectivity index (χ1) is 12.8. The van der Waals surface area contributed by atoms with Gasteiger partial charge >= 0.3 is 0 Å². The van der Waals surface area contributed by atoms with Gasteiger partial charge in [-0.25, -0.2) is 5.43 Å². The topological polar surface area (TPSA) is 54.4 Å². The van der Waals surface area contributed by atoms with E-state index in [1.54, 1.807) is 24.5 Å². The molecule has 0 aliphatic heterocycles. The molecule has 1 aromatic heterocycles. The first-order valence-corrected chi connectivity index (χ1v) is 8.46. The van der Waals surface area contributed by atoms with Gasteiger partial charge in [0.1, 0.15) is 0 Å². The highest BCUT2D eigenvalue weighted by Crippen LogP contribution is 2.35. The molecular formula is C21H14ClN3O. The number of hydrogen-bond acceptors (Lipinski definition) is 3. The Morgan fingerprint density at radius 2 is 1.54 bits per heavy atom. The van der Waals surface area contributed by atoms with E-state index in [-0.39, 0.29) is 5.91 Å². The van der Waals surface area contributed by atoms with Gasteiger partial charge in [0.25, 0.3) is 5.91 Å². The molecule has 4 rings (SSSR count). The second-order valence-electron chi connectivity index (χ2n) is 5.76. The minimum atomic E-state index is -0.308. The van der Waals surface area contributed by atoms with Gasteiger partial charge in [-0.3, -0.25) is 9.78 Å². The van der Waals surface area contributed by atoms with Gasteiger partial charge in [-0.2, -0.15) is 5.10 Å². The highest BCUT2D eigenvalue weighted by atomic mass is 35.5. The predicted molar refractivity (Wildman–Crippen MR) is 106 cm³/mol. The van der Waals surface area contributed by atoms with Crippen LogP contribution in [0.15, 0.2) is 78.2 Å². The van der Waals surface area contributed by atoms with Gasteiger partial charge in [-0.15, -0.1) is 0 Å². The summed E-state index contributed by atoms with van der Waals surface area (Å²) in [6.45, 7) is 0. The van der Waals surface area contributed by atoms with Crippen LogP contribution < -0.4 is 5.43 Å². The van der Waals surface area contributed by atoms with E-state index in [0.717, 1.165) is 27.1 Å². The Morgan fingerprint density at radius 3 is 2.12 bits per heavy atom. The number of aromatic nitrogens is 1. The second kappa shape index (κ2) is 6.94. The van der Waals surface area contributed by atoms with Crippen molar-refractivity contribution in [2.75, 3.05) is 0 Å². The summed E-state index contributed by atoms with van der Waals surface area (Å²) in [5.41, 5.74) is 3.91. The van der Waals surface area contributed by atoms with E-state index >= 15 is 0 Å². The summed E-state index contributed by atoms with van der Waals surface area (Å²) in [5, 5.41) is 8.74. The fraction of sp³-hybridized carbons (Fsp3) is 0. The number of nitrogens with zero attached hydrogens (tertiary/aromatic N) is 2. The van der Waals surface area contributed by atoms with Crippen LogP contribution in [0.1, 0.15) is 15.9 Å². The molecular weight excluding hydrogens is 346 g/mol. The lowest BCUT2D eigenvalue weighted by Crippen LogP contribution is -2.17. The van der Waals surface area contributed by atoms with Crippen molar-refractivity contribution in [3.8, 4) is 0 Å². The summed E-state index contributed by atoms with van der Waals surface area (Å²) < 4.78 is 0. The van der Waals surface area contributed by atoms with Crippen LogP contribution in [0.25, 0.3) is 21.5 Å². The summed E-state index contributed by atoms with van der Waals surface area (Å²) in [6.07, 6.45) is 4.78. The SMILES string of the molecule is O=C(N/N=C\c1c2ccccc2c(Cl)c2ccccc12)c1cccnc1. The van der Waals surface area contributed by atoms with Crippen molar-refractivity contribution in [1.29, 1.82) is 0 Å². The molecule has 0 saturated carbocycles. The average molecular weight is 360 g/mol. The van der Waals surface area contributed by atoms with Crippen LogP contribution in [0.4, 0.5) is 0 Å². The van der Waals surface area contributed by atoms with E-state index in [1.807, 2.05) is 48.5 Å². The third-order valence-corrected chi connectivity index (χ3v) is 4.60. The zero-order chi connectivity index (χ0) is 17.9. The molecule has 4 aromatic rings. The Bertz CT molecular complexity index is 1080. The number of amides is 1. The van der Waals surface area contributed by atoms with Crippen LogP contribution in [0, 0.1) is 0 Å². The lowest BCUT2D eigenvalue weighted by molar-refractivity contribution is 0.0955. The smallest absolute Gasteiger partial charge is 0.267 e. The van der Waals surface area contributed by atoms with Crippen molar-refractivity contribution in [1.82, 2.24) is 10.4 Å². The normalized spacial score (nSPS) is 11.3. The molecule has 3 aromatic carbocycles. The van der Waals surface area contributed by atoms with Crippen LogP contribution in [-0.4, -0.2) is 17.1 Å². The monoisotopic (exact) mass is 359 g/mol. The number of fused-ring (bicyclic) bond motifs is 2. The molecule has 1 heterocycles. The maximum absolute atomic E-state index is 12.1. The average Bonchev–Trinajstić information content (AvgIpc) is 2.71. The molecule has 0 aliphatic carbocycles. The van der Waals surface area contributed by atoms with Gasteiger partial charge in [-0.05, 0) is 22.9 Å². The van der Waals surface area contributed by atoms with E-state index in [0.29, 0.717) is 10.6 Å². The van der Waals surface area contributed by atoms with Gasteiger partial charge in [0.15, 0.2) is 0 Å². The van der Waals surface area contributed by atoms with Crippen molar-refractivity contribution in [2.45, 2.75) is 0 Å². The molecule has 0 bridgehead atoms. The molecule has 1 N–H and O–H groups in total. The molecule has 26 heavy (non-hydrogen) atoms. The summed E-state index contributed by atoms with van der Waals surface area (Å²) in [5.74, 6) is -0.308. The number of halogens is 1. The van der Waals surface area contributed by atoms with E-state index in [2.05, 4.69) is 15.5 Å². The third kappa shape index (κ3) is 2.91. The Balaban J connectivity index is 1.78. The zero-order valence-corrected chi connectivity index (χ0v) is 14.4. The van der Waals surface area contributed by atoms with E-state index < -0.39 is 0 Å². The lowest BCUT2D eigenvalue weighted by Gasteiger charge is -2.10. The molecule has 1 amide bonds. The van der Waals surface area contributed by atoms with Crippen molar-refractivity contribution in [3.63, 3.8) is 0 Å². The predicted octanol–water partition coefficient (Wildman–Crippen LogP) is 4.81. The van der Waals surface area contributed by atoms with E-state index in [4.69, 9.17) is 11.6 Å². The van der Waals surface area contributed by atoms with Crippen LogP contribution >= 0.6 is 11.6 Å². The fourth-order valence-electron chi connectivity index (χ4n) is 2.97. The van der Waals surface area contributed by atoms with Crippen molar-refractivity contribution < 1.29 is 4.79 Å². The minimum absolute atomic E-state index is 0.308. The summed E-state index contributed by atoms with van der Waals surface area (Å²) in [6, 6.07) is 19.2. The molecule has 0 atom stereocenters.